The lowest BCUT2D eigenvalue weighted by molar-refractivity contribution is 0.220. The van der Waals surface area contributed by atoms with Crippen molar-refractivity contribution < 1.29 is 5.11 Å². The van der Waals surface area contributed by atoms with Gasteiger partial charge in [-0.3, -0.25) is 0 Å². The van der Waals surface area contributed by atoms with Crippen LogP contribution in [0.25, 0.3) is 0 Å². The van der Waals surface area contributed by atoms with Gasteiger partial charge in [0, 0.05) is 17.6 Å². The van der Waals surface area contributed by atoms with Gasteiger partial charge in [-0.15, -0.1) is 0 Å². The van der Waals surface area contributed by atoms with Gasteiger partial charge in [0.15, 0.2) is 5.16 Å². The van der Waals surface area contributed by atoms with Crippen LogP contribution in [0.15, 0.2) is 11.4 Å². The molecular formula is C8H14N2OS. The van der Waals surface area contributed by atoms with E-state index in [9.17, 15) is 0 Å². The summed E-state index contributed by atoms with van der Waals surface area (Å²) in [4.78, 5) is 7.31. The van der Waals surface area contributed by atoms with Gasteiger partial charge in [-0.2, -0.15) is 0 Å². The number of aliphatic hydroxyl groups is 1. The second kappa shape index (κ2) is 4.52. The van der Waals surface area contributed by atoms with E-state index in [1.807, 2.05) is 6.20 Å². The van der Waals surface area contributed by atoms with Crippen LogP contribution >= 0.6 is 11.8 Å². The molecule has 0 amide bonds. The molecular weight excluding hydrogens is 172 g/mol. The van der Waals surface area contributed by atoms with Crippen LogP contribution in [-0.2, 0) is 6.42 Å². The van der Waals surface area contributed by atoms with Gasteiger partial charge in [0.25, 0.3) is 0 Å². The minimum Gasteiger partial charge on any atom is -0.393 e. The average molecular weight is 186 g/mol. The Labute approximate surface area is 76.6 Å². The molecule has 0 unspecified atom stereocenters. The van der Waals surface area contributed by atoms with Crippen molar-refractivity contribution in [1.82, 2.24) is 9.97 Å². The van der Waals surface area contributed by atoms with E-state index in [1.54, 1.807) is 18.7 Å². The molecule has 4 heteroatoms. The van der Waals surface area contributed by atoms with Gasteiger partial charge in [0.1, 0.15) is 0 Å². The van der Waals surface area contributed by atoms with Crippen molar-refractivity contribution in [2.45, 2.75) is 31.5 Å². The Morgan fingerprint density at radius 1 is 1.75 bits per heavy atom. The zero-order valence-electron chi connectivity index (χ0n) is 7.37. The number of imidazole rings is 1. The molecule has 0 bridgehead atoms. The summed E-state index contributed by atoms with van der Waals surface area (Å²) in [6, 6.07) is 0. The maximum Gasteiger partial charge on any atom is 0.165 e. The largest absolute Gasteiger partial charge is 0.393 e. The SMILES string of the molecule is CCc1cnc(SC[C@@H](C)O)[nH]1. The first-order valence-electron chi connectivity index (χ1n) is 4.07. The van der Waals surface area contributed by atoms with Crippen LogP contribution in [0.4, 0.5) is 0 Å². The first kappa shape index (κ1) is 9.61. The van der Waals surface area contributed by atoms with Crippen molar-refractivity contribution in [2.75, 3.05) is 5.75 Å². The number of aromatic amines is 1. The van der Waals surface area contributed by atoms with E-state index >= 15 is 0 Å². The van der Waals surface area contributed by atoms with E-state index in [4.69, 9.17) is 5.11 Å². The summed E-state index contributed by atoms with van der Waals surface area (Å²) in [5.74, 6) is 0.691. The smallest absolute Gasteiger partial charge is 0.165 e. The molecule has 0 aliphatic carbocycles. The summed E-state index contributed by atoms with van der Waals surface area (Å²) < 4.78 is 0. The van der Waals surface area contributed by atoms with Crippen LogP contribution < -0.4 is 0 Å². The highest BCUT2D eigenvalue weighted by Gasteiger charge is 2.01. The highest BCUT2D eigenvalue weighted by Crippen LogP contribution is 2.14. The monoisotopic (exact) mass is 186 g/mol. The molecule has 0 aliphatic rings. The maximum atomic E-state index is 9.02. The first-order chi connectivity index (χ1) is 5.72. The van der Waals surface area contributed by atoms with Gasteiger partial charge in [-0.05, 0) is 13.3 Å². The standard InChI is InChI=1S/C8H14N2OS/c1-3-7-4-9-8(10-7)12-5-6(2)11/h4,6,11H,3,5H2,1-2H3,(H,9,10)/t6-/m1/s1. The molecule has 12 heavy (non-hydrogen) atoms. The Hall–Kier alpha value is -0.480. The highest BCUT2D eigenvalue weighted by molar-refractivity contribution is 7.99. The van der Waals surface area contributed by atoms with Crippen LogP contribution in [0.1, 0.15) is 19.5 Å². The van der Waals surface area contributed by atoms with Crippen molar-refractivity contribution >= 4 is 11.8 Å². The lowest BCUT2D eigenvalue weighted by Crippen LogP contribution is -2.02. The zero-order valence-corrected chi connectivity index (χ0v) is 8.19. The molecule has 3 nitrogen and oxygen atoms in total. The van der Waals surface area contributed by atoms with Crippen LogP contribution in [0.5, 0.6) is 0 Å². The highest BCUT2D eigenvalue weighted by atomic mass is 32.2. The third-order valence-corrected chi connectivity index (χ3v) is 2.58. The molecule has 68 valence electrons. The molecule has 0 fully saturated rings. The third-order valence-electron chi connectivity index (χ3n) is 1.45. The summed E-state index contributed by atoms with van der Waals surface area (Å²) in [6.07, 6.45) is 2.54. The lowest BCUT2D eigenvalue weighted by atomic mass is 10.4. The molecule has 1 aromatic heterocycles. The number of aryl methyl sites for hydroxylation is 1. The van der Waals surface area contributed by atoms with E-state index in [0.29, 0.717) is 5.75 Å². The van der Waals surface area contributed by atoms with Gasteiger partial charge in [0.05, 0.1) is 6.10 Å². The van der Waals surface area contributed by atoms with Crippen molar-refractivity contribution in [3.05, 3.63) is 11.9 Å². The van der Waals surface area contributed by atoms with Crippen molar-refractivity contribution in [3.8, 4) is 0 Å². The van der Waals surface area contributed by atoms with E-state index in [0.717, 1.165) is 17.3 Å². The molecule has 0 aliphatic heterocycles. The number of thioether (sulfide) groups is 1. The van der Waals surface area contributed by atoms with Crippen LogP contribution in [0.2, 0.25) is 0 Å². The number of nitrogens with one attached hydrogen (secondary N) is 1. The lowest BCUT2D eigenvalue weighted by Gasteiger charge is -1.99. The Morgan fingerprint density at radius 2 is 2.50 bits per heavy atom. The fourth-order valence-electron chi connectivity index (χ4n) is 0.791. The Bertz CT molecular complexity index is 235. The summed E-state index contributed by atoms with van der Waals surface area (Å²) in [5.41, 5.74) is 1.14. The molecule has 1 heterocycles. The van der Waals surface area contributed by atoms with Gasteiger partial charge in [-0.25, -0.2) is 4.98 Å². The molecule has 1 atom stereocenters. The van der Waals surface area contributed by atoms with Crippen LogP contribution in [-0.4, -0.2) is 26.9 Å². The predicted molar refractivity (Wildman–Crippen MR) is 50.4 cm³/mol. The molecule has 0 saturated heterocycles. The maximum absolute atomic E-state index is 9.02. The van der Waals surface area contributed by atoms with E-state index in [1.165, 1.54) is 0 Å². The van der Waals surface area contributed by atoms with Crippen LogP contribution in [0.3, 0.4) is 0 Å². The number of aromatic nitrogens is 2. The second-order valence-corrected chi connectivity index (χ2v) is 3.74. The average Bonchev–Trinajstić information content (AvgIpc) is 2.48. The zero-order chi connectivity index (χ0) is 8.97. The molecule has 1 aromatic rings. The number of hydrogen-bond acceptors (Lipinski definition) is 3. The minimum absolute atomic E-state index is 0.273. The quantitative estimate of drug-likeness (QED) is 0.700. The Balaban J connectivity index is 2.41. The van der Waals surface area contributed by atoms with Gasteiger partial charge in [0.2, 0.25) is 0 Å². The first-order valence-corrected chi connectivity index (χ1v) is 5.05. The molecule has 2 N–H and O–H groups in total. The topological polar surface area (TPSA) is 48.9 Å². The Kier molecular flexibility index (Phi) is 3.62. The fourth-order valence-corrected chi connectivity index (χ4v) is 1.52. The van der Waals surface area contributed by atoms with E-state index < -0.39 is 0 Å². The molecule has 0 spiro atoms. The Morgan fingerprint density at radius 3 is 3.00 bits per heavy atom. The second-order valence-electron chi connectivity index (χ2n) is 2.73. The van der Waals surface area contributed by atoms with Gasteiger partial charge < -0.3 is 10.1 Å². The van der Waals surface area contributed by atoms with Crippen molar-refractivity contribution in [1.29, 1.82) is 0 Å². The predicted octanol–water partition coefficient (Wildman–Crippen LogP) is 1.44. The van der Waals surface area contributed by atoms with Gasteiger partial charge >= 0.3 is 0 Å². The summed E-state index contributed by atoms with van der Waals surface area (Å²) in [6.45, 7) is 3.85. The number of rotatable bonds is 4. The van der Waals surface area contributed by atoms with Crippen molar-refractivity contribution in [2.24, 2.45) is 0 Å². The number of hydrogen-bond donors (Lipinski definition) is 2. The number of H-pyrrole nitrogens is 1. The summed E-state index contributed by atoms with van der Waals surface area (Å²) in [5, 5.41) is 9.91. The fraction of sp³-hybridized carbons (Fsp3) is 0.625. The number of aliphatic hydroxyl groups excluding tert-OH is 1. The molecule has 0 radical (unpaired) electrons. The van der Waals surface area contributed by atoms with E-state index in [2.05, 4.69) is 16.9 Å². The number of nitrogens with zero attached hydrogens (tertiary/aromatic N) is 1. The molecule has 0 aromatic carbocycles. The minimum atomic E-state index is -0.273. The van der Waals surface area contributed by atoms with Crippen molar-refractivity contribution in [3.63, 3.8) is 0 Å². The summed E-state index contributed by atoms with van der Waals surface area (Å²) >= 11 is 1.55. The summed E-state index contributed by atoms with van der Waals surface area (Å²) in [7, 11) is 0. The third kappa shape index (κ3) is 2.87. The van der Waals surface area contributed by atoms with Gasteiger partial charge in [-0.1, -0.05) is 18.7 Å². The molecule has 0 saturated carbocycles. The van der Waals surface area contributed by atoms with E-state index in [-0.39, 0.29) is 6.10 Å². The normalized spacial score (nSPS) is 13.2. The molecule has 1 rings (SSSR count). The van der Waals surface area contributed by atoms with Crippen LogP contribution in [0, 0.1) is 0 Å².